The lowest BCUT2D eigenvalue weighted by atomic mass is 10.1. The van der Waals surface area contributed by atoms with Crippen LogP contribution >= 0.6 is 0 Å². The molecule has 2 N–H and O–H groups in total. The standard InChI is InChI=1S/C17H19NO3/c1-12-7-3-6-10-16(12)21-11-17(20)18-15-9-5-4-8-14(15)13(2)19/h3-10,13,19H,11H2,1-2H3,(H,18,20). The van der Waals surface area contributed by atoms with Crippen molar-refractivity contribution in [1.29, 1.82) is 0 Å². The van der Waals surface area contributed by atoms with Crippen molar-refractivity contribution in [3.05, 3.63) is 59.7 Å². The van der Waals surface area contributed by atoms with Gasteiger partial charge in [-0.15, -0.1) is 0 Å². The van der Waals surface area contributed by atoms with Gasteiger partial charge in [0.1, 0.15) is 5.75 Å². The van der Waals surface area contributed by atoms with E-state index in [0.717, 1.165) is 5.56 Å². The summed E-state index contributed by atoms with van der Waals surface area (Å²) in [5.41, 5.74) is 2.27. The number of aryl methyl sites for hydroxylation is 1. The number of hydrogen-bond acceptors (Lipinski definition) is 3. The molecular weight excluding hydrogens is 266 g/mol. The Morgan fingerprint density at radius 1 is 1.19 bits per heavy atom. The number of carbonyl (C=O) groups is 1. The van der Waals surface area contributed by atoms with Crippen molar-refractivity contribution >= 4 is 11.6 Å². The van der Waals surface area contributed by atoms with Crippen LogP contribution in [0.5, 0.6) is 5.75 Å². The van der Waals surface area contributed by atoms with E-state index >= 15 is 0 Å². The molecule has 4 heteroatoms. The lowest BCUT2D eigenvalue weighted by molar-refractivity contribution is -0.118. The number of ether oxygens (including phenoxy) is 1. The first-order chi connectivity index (χ1) is 10.1. The molecule has 2 aromatic rings. The quantitative estimate of drug-likeness (QED) is 0.887. The van der Waals surface area contributed by atoms with Gasteiger partial charge in [0.05, 0.1) is 6.10 Å². The molecule has 2 aromatic carbocycles. The Morgan fingerprint density at radius 2 is 1.86 bits per heavy atom. The van der Waals surface area contributed by atoms with Gasteiger partial charge >= 0.3 is 0 Å². The normalized spacial score (nSPS) is 11.8. The summed E-state index contributed by atoms with van der Waals surface area (Å²) >= 11 is 0. The summed E-state index contributed by atoms with van der Waals surface area (Å²) in [6.07, 6.45) is -0.640. The minimum Gasteiger partial charge on any atom is -0.483 e. The number of benzene rings is 2. The Kier molecular flexibility index (Phi) is 4.95. The molecular formula is C17H19NO3. The number of nitrogens with one attached hydrogen (secondary N) is 1. The van der Waals surface area contributed by atoms with E-state index in [1.165, 1.54) is 0 Å². The van der Waals surface area contributed by atoms with E-state index in [0.29, 0.717) is 17.0 Å². The molecule has 0 fully saturated rings. The zero-order chi connectivity index (χ0) is 15.2. The van der Waals surface area contributed by atoms with E-state index < -0.39 is 6.10 Å². The number of aliphatic hydroxyl groups excluding tert-OH is 1. The van der Waals surface area contributed by atoms with Crippen molar-refractivity contribution in [2.75, 3.05) is 11.9 Å². The van der Waals surface area contributed by atoms with Crippen molar-refractivity contribution in [3.63, 3.8) is 0 Å². The molecule has 1 unspecified atom stereocenters. The van der Waals surface area contributed by atoms with Gasteiger partial charge in [0.15, 0.2) is 6.61 Å². The van der Waals surface area contributed by atoms with Crippen molar-refractivity contribution in [1.82, 2.24) is 0 Å². The number of para-hydroxylation sites is 2. The summed E-state index contributed by atoms with van der Waals surface area (Å²) in [5, 5.41) is 12.4. The lowest BCUT2D eigenvalue weighted by Crippen LogP contribution is -2.21. The number of carbonyl (C=O) groups excluding carboxylic acids is 1. The molecule has 1 amide bonds. The maximum atomic E-state index is 12.0. The van der Waals surface area contributed by atoms with E-state index in [-0.39, 0.29) is 12.5 Å². The average Bonchev–Trinajstić information content (AvgIpc) is 2.47. The van der Waals surface area contributed by atoms with Gasteiger partial charge in [-0.25, -0.2) is 0 Å². The van der Waals surface area contributed by atoms with Crippen molar-refractivity contribution in [2.45, 2.75) is 20.0 Å². The average molecular weight is 285 g/mol. The Balaban J connectivity index is 1.98. The van der Waals surface area contributed by atoms with Crippen LogP contribution < -0.4 is 10.1 Å². The SMILES string of the molecule is Cc1ccccc1OCC(=O)Nc1ccccc1C(C)O. The fourth-order valence-corrected chi connectivity index (χ4v) is 2.02. The minimum absolute atomic E-state index is 0.0704. The third-order valence-corrected chi connectivity index (χ3v) is 3.14. The van der Waals surface area contributed by atoms with Crippen LogP contribution in [-0.2, 0) is 4.79 Å². The highest BCUT2D eigenvalue weighted by Gasteiger charge is 2.10. The molecule has 2 rings (SSSR count). The molecule has 0 aliphatic heterocycles. The van der Waals surface area contributed by atoms with Gasteiger partial charge in [-0.05, 0) is 31.5 Å². The van der Waals surface area contributed by atoms with E-state index in [1.54, 1.807) is 19.1 Å². The largest absolute Gasteiger partial charge is 0.483 e. The van der Waals surface area contributed by atoms with Crippen LogP contribution in [0.1, 0.15) is 24.2 Å². The van der Waals surface area contributed by atoms with Crippen LogP contribution in [0.3, 0.4) is 0 Å². The molecule has 21 heavy (non-hydrogen) atoms. The monoisotopic (exact) mass is 285 g/mol. The third-order valence-electron chi connectivity index (χ3n) is 3.14. The minimum atomic E-state index is -0.640. The second-order valence-corrected chi connectivity index (χ2v) is 4.87. The number of hydrogen-bond donors (Lipinski definition) is 2. The molecule has 0 aliphatic rings. The van der Waals surface area contributed by atoms with Gasteiger partial charge in [0, 0.05) is 11.3 Å². The fraction of sp³-hybridized carbons (Fsp3) is 0.235. The first-order valence-electron chi connectivity index (χ1n) is 6.83. The molecule has 0 spiro atoms. The number of rotatable bonds is 5. The number of anilines is 1. The molecule has 0 bridgehead atoms. The predicted octanol–water partition coefficient (Wildman–Crippen LogP) is 3.07. The molecule has 0 radical (unpaired) electrons. The van der Waals surface area contributed by atoms with Crippen molar-refractivity contribution in [2.24, 2.45) is 0 Å². The predicted molar refractivity (Wildman–Crippen MR) is 82.4 cm³/mol. The number of amides is 1. The fourth-order valence-electron chi connectivity index (χ4n) is 2.02. The third kappa shape index (κ3) is 4.07. The highest BCUT2D eigenvalue weighted by Crippen LogP contribution is 2.22. The van der Waals surface area contributed by atoms with Crippen molar-refractivity contribution < 1.29 is 14.6 Å². The maximum Gasteiger partial charge on any atom is 0.262 e. The summed E-state index contributed by atoms with van der Waals surface area (Å²) in [6.45, 7) is 3.52. The van der Waals surface area contributed by atoms with Crippen LogP contribution in [0.2, 0.25) is 0 Å². The summed E-state index contributed by atoms with van der Waals surface area (Å²) < 4.78 is 5.50. The Hall–Kier alpha value is -2.33. The summed E-state index contributed by atoms with van der Waals surface area (Å²) in [4.78, 5) is 12.0. The first kappa shape index (κ1) is 15.1. The highest BCUT2D eigenvalue weighted by molar-refractivity contribution is 5.92. The molecule has 4 nitrogen and oxygen atoms in total. The van der Waals surface area contributed by atoms with Gasteiger partial charge in [0.25, 0.3) is 5.91 Å². The smallest absolute Gasteiger partial charge is 0.262 e. The summed E-state index contributed by atoms with van der Waals surface area (Å²) in [6, 6.07) is 14.7. The molecule has 110 valence electrons. The second kappa shape index (κ2) is 6.90. The van der Waals surface area contributed by atoms with E-state index in [4.69, 9.17) is 4.74 Å². The van der Waals surface area contributed by atoms with Crippen LogP contribution in [0.4, 0.5) is 5.69 Å². The Bertz CT molecular complexity index is 623. The van der Waals surface area contributed by atoms with Crippen LogP contribution in [0.15, 0.2) is 48.5 Å². The van der Waals surface area contributed by atoms with E-state index in [1.807, 2.05) is 43.3 Å². The summed E-state index contributed by atoms with van der Waals surface area (Å²) in [5.74, 6) is 0.433. The zero-order valence-corrected chi connectivity index (χ0v) is 12.2. The van der Waals surface area contributed by atoms with Crippen LogP contribution in [0, 0.1) is 6.92 Å². The number of aliphatic hydroxyl groups is 1. The molecule has 0 heterocycles. The lowest BCUT2D eigenvalue weighted by Gasteiger charge is -2.13. The van der Waals surface area contributed by atoms with Gasteiger partial charge in [-0.2, -0.15) is 0 Å². The second-order valence-electron chi connectivity index (χ2n) is 4.87. The first-order valence-corrected chi connectivity index (χ1v) is 6.83. The molecule has 1 atom stereocenters. The van der Waals surface area contributed by atoms with Gasteiger partial charge in [-0.1, -0.05) is 36.4 Å². The van der Waals surface area contributed by atoms with Crippen molar-refractivity contribution in [3.8, 4) is 5.75 Å². The highest BCUT2D eigenvalue weighted by atomic mass is 16.5. The maximum absolute atomic E-state index is 12.0. The van der Waals surface area contributed by atoms with Crippen LogP contribution in [0.25, 0.3) is 0 Å². The summed E-state index contributed by atoms with van der Waals surface area (Å²) in [7, 11) is 0. The Labute approximate surface area is 124 Å². The van der Waals surface area contributed by atoms with Crippen LogP contribution in [-0.4, -0.2) is 17.6 Å². The van der Waals surface area contributed by atoms with Gasteiger partial charge in [0.2, 0.25) is 0 Å². The molecule has 0 saturated carbocycles. The topological polar surface area (TPSA) is 58.6 Å². The molecule has 0 aromatic heterocycles. The van der Waals surface area contributed by atoms with E-state index in [2.05, 4.69) is 5.32 Å². The Morgan fingerprint density at radius 3 is 2.57 bits per heavy atom. The van der Waals surface area contributed by atoms with E-state index in [9.17, 15) is 9.90 Å². The zero-order valence-electron chi connectivity index (χ0n) is 12.2. The van der Waals surface area contributed by atoms with Gasteiger partial charge in [-0.3, -0.25) is 4.79 Å². The molecule has 0 aliphatic carbocycles. The van der Waals surface area contributed by atoms with Gasteiger partial charge < -0.3 is 15.2 Å². The molecule has 0 saturated heterocycles.